The van der Waals surface area contributed by atoms with Gasteiger partial charge in [0.2, 0.25) is 0 Å². The number of para-hydroxylation sites is 1. The minimum absolute atomic E-state index is 0.0487. The number of hydrogen-bond donors (Lipinski definition) is 4. The summed E-state index contributed by atoms with van der Waals surface area (Å²) in [5.41, 5.74) is 0.694. The van der Waals surface area contributed by atoms with Gasteiger partial charge in [-0.1, -0.05) is 18.2 Å². The molecule has 4 N–H and O–H groups in total. The van der Waals surface area contributed by atoms with E-state index in [-0.39, 0.29) is 11.5 Å². The summed E-state index contributed by atoms with van der Waals surface area (Å²) in [5, 5.41) is 18.3. The zero-order valence-electron chi connectivity index (χ0n) is 8.24. The Bertz CT molecular complexity index is 443. The molecule has 0 atom stereocenters. The topological polar surface area (TPSA) is 115 Å². The Labute approximate surface area is 93.1 Å². The summed E-state index contributed by atoms with van der Waals surface area (Å²) in [5.74, 6) is -0.128. The molecular formula is C9H12O6S. The summed E-state index contributed by atoms with van der Waals surface area (Å²) < 4.78 is 31.6. The summed E-state index contributed by atoms with van der Waals surface area (Å²) in [7, 11) is -4.67. The Kier molecular flexibility index (Phi) is 5.51. The van der Waals surface area contributed by atoms with Gasteiger partial charge in [0.25, 0.3) is 0 Å². The van der Waals surface area contributed by atoms with Crippen molar-refractivity contribution in [1.82, 2.24) is 0 Å². The van der Waals surface area contributed by atoms with Crippen molar-refractivity contribution in [1.29, 1.82) is 0 Å². The fraction of sp³-hybridized carbons (Fsp3) is 0.111. The molecule has 0 aliphatic heterocycles. The zero-order valence-corrected chi connectivity index (χ0v) is 9.05. The molecule has 0 fully saturated rings. The molecule has 0 aliphatic rings. The maximum atomic E-state index is 9.23. The first kappa shape index (κ1) is 14.4. The van der Waals surface area contributed by atoms with E-state index >= 15 is 0 Å². The van der Waals surface area contributed by atoms with Crippen LogP contribution in [0.15, 0.2) is 30.9 Å². The van der Waals surface area contributed by atoms with Crippen molar-refractivity contribution in [2.45, 2.75) is 6.42 Å². The third kappa shape index (κ3) is 6.82. The van der Waals surface area contributed by atoms with Crippen LogP contribution in [0.2, 0.25) is 0 Å². The lowest BCUT2D eigenvalue weighted by molar-refractivity contribution is 0.381. The van der Waals surface area contributed by atoms with Gasteiger partial charge in [0, 0.05) is 5.56 Å². The first-order valence-electron chi connectivity index (χ1n) is 4.06. The van der Waals surface area contributed by atoms with E-state index in [1.807, 2.05) is 0 Å². The molecule has 16 heavy (non-hydrogen) atoms. The van der Waals surface area contributed by atoms with E-state index in [1.54, 1.807) is 18.2 Å². The molecule has 1 aromatic carbocycles. The molecule has 0 aromatic heterocycles. The van der Waals surface area contributed by atoms with Crippen LogP contribution in [-0.2, 0) is 16.8 Å². The first-order valence-corrected chi connectivity index (χ1v) is 5.46. The number of phenolic OH excluding ortho intramolecular Hbond substituents is 2. The van der Waals surface area contributed by atoms with Crippen molar-refractivity contribution in [3.8, 4) is 11.5 Å². The molecule has 0 heterocycles. The molecule has 0 unspecified atom stereocenters. The second kappa shape index (κ2) is 6.11. The molecule has 90 valence electrons. The minimum Gasteiger partial charge on any atom is -0.504 e. The Morgan fingerprint density at radius 3 is 2.19 bits per heavy atom. The van der Waals surface area contributed by atoms with Gasteiger partial charge >= 0.3 is 10.4 Å². The van der Waals surface area contributed by atoms with Gasteiger partial charge in [0.15, 0.2) is 11.5 Å². The summed E-state index contributed by atoms with van der Waals surface area (Å²) in [4.78, 5) is 0. The van der Waals surface area contributed by atoms with Crippen LogP contribution in [0, 0.1) is 0 Å². The second-order valence-electron chi connectivity index (χ2n) is 2.73. The van der Waals surface area contributed by atoms with E-state index in [0.717, 1.165) is 0 Å². The lowest BCUT2D eigenvalue weighted by Crippen LogP contribution is -1.89. The molecule has 0 aliphatic carbocycles. The number of hydrogen-bond acceptors (Lipinski definition) is 4. The Morgan fingerprint density at radius 1 is 1.25 bits per heavy atom. The molecule has 0 radical (unpaired) electrons. The molecule has 1 rings (SSSR count). The van der Waals surface area contributed by atoms with E-state index in [4.69, 9.17) is 22.6 Å². The quantitative estimate of drug-likeness (QED) is 0.355. The third-order valence-corrected chi connectivity index (χ3v) is 1.46. The highest BCUT2D eigenvalue weighted by molar-refractivity contribution is 7.79. The molecule has 6 nitrogen and oxygen atoms in total. The zero-order chi connectivity index (χ0) is 12.8. The molecular weight excluding hydrogens is 236 g/mol. The highest BCUT2D eigenvalue weighted by Crippen LogP contribution is 2.28. The average Bonchev–Trinajstić information content (AvgIpc) is 2.10. The SMILES string of the molecule is C=CCc1cccc(O)c1O.O=S(=O)(O)O. The smallest absolute Gasteiger partial charge is 0.394 e. The lowest BCUT2D eigenvalue weighted by Gasteiger charge is -2.01. The van der Waals surface area contributed by atoms with Crippen LogP contribution in [0.1, 0.15) is 5.56 Å². The molecule has 0 amide bonds. The van der Waals surface area contributed by atoms with Crippen molar-refractivity contribution in [3.63, 3.8) is 0 Å². The highest BCUT2D eigenvalue weighted by Gasteiger charge is 2.02. The number of aromatic hydroxyl groups is 2. The highest BCUT2D eigenvalue weighted by atomic mass is 32.3. The Hall–Kier alpha value is -1.57. The van der Waals surface area contributed by atoms with Gasteiger partial charge in [-0.2, -0.15) is 8.42 Å². The van der Waals surface area contributed by atoms with Crippen LogP contribution in [0.25, 0.3) is 0 Å². The minimum atomic E-state index is -4.67. The third-order valence-electron chi connectivity index (χ3n) is 1.46. The van der Waals surface area contributed by atoms with Crippen LogP contribution in [0.5, 0.6) is 11.5 Å². The average molecular weight is 248 g/mol. The van der Waals surface area contributed by atoms with Gasteiger partial charge in [0.1, 0.15) is 0 Å². The van der Waals surface area contributed by atoms with Gasteiger partial charge in [-0.05, 0) is 12.5 Å². The molecule has 0 spiro atoms. The van der Waals surface area contributed by atoms with E-state index in [2.05, 4.69) is 6.58 Å². The summed E-state index contributed by atoms with van der Waals surface area (Å²) in [6.45, 7) is 3.53. The first-order chi connectivity index (χ1) is 7.25. The second-order valence-corrected chi connectivity index (χ2v) is 3.62. The van der Waals surface area contributed by atoms with Gasteiger partial charge in [0.05, 0.1) is 0 Å². The van der Waals surface area contributed by atoms with Gasteiger partial charge in [-0.3, -0.25) is 9.11 Å². The Balaban J connectivity index is 0.000000385. The molecule has 0 saturated carbocycles. The van der Waals surface area contributed by atoms with Crippen LogP contribution in [0.4, 0.5) is 0 Å². The van der Waals surface area contributed by atoms with Gasteiger partial charge < -0.3 is 10.2 Å². The van der Waals surface area contributed by atoms with Crippen molar-refractivity contribution in [3.05, 3.63) is 36.4 Å². The molecule has 0 bridgehead atoms. The molecule has 0 saturated heterocycles. The molecule has 1 aromatic rings. The number of benzene rings is 1. The van der Waals surface area contributed by atoms with Crippen LogP contribution < -0.4 is 0 Å². The largest absolute Gasteiger partial charge is 0.504 e. The summed E-state index contributed by atoms with van der Waals surface area (Å²) in [6, 6.07) is 4.88. The van der Waals surface area contributed by atoms with Crippen LogP contribution >= 0.6 is 0 Å². The predicted octanol–water partition coefficient (Wildman–Crippen LogP) is 1.17. The van der Waals surface area contributed by atoms with Crippen LogP contribution in [-0.4, -0.2) is 27.7 Å². The summed E-state index contributed by atoms with van der Waals surface area (Å²) >= 11 is 0. The monoisotopic (exact) mass is 248 g/mol. The van der Waals surface area contributed by atoms with Crippen LogP contribution in [0.3, 0.4) is 0 Å². The van der Waals surface area contributed by atoms with Crippen molar-refractivity contribution in [2.24, 2.45) is 0 Å². The predicted molar refractivity (Wildman–Crippen MR) is 57.9 cm³/mol. The number of phenols is 2. The lowest BCUT2D eigenvalue weighted by atomic mass is 10.1. The Morgan fingerprint density at radius 2 is 1.75 bits per heavy atom. The van der Waals surface area contributed by atoms with Crippen molar-refractivity contribution in [2.75, 3.05) is 0 Å². The van der Waals surface area contributed by atoms with E-state index in [9.17, 15) is 5.11 Å². The molecule has 7 heteroatoms. The maximum Gasteiger partial charge on any atom is 0.394 e. The fourth-order valence-corrected chi connectivity index (χ4v) is 0.898. The standard InChI is InChI=1S/C9H10O2.H2O4S/c1-2-4-7-5-3-6-8(10)9(7)11;1-5(2,3)4/h2-3,5-6,10-11H,1,4H2;(H2,1,2,3,4). The van der Waals surface area contributed by atoms with Gasteiger partial charge in [-0.25, -0.2) is 0 Å². The summed E-state index contributed by atoms with van der Waals surface area (Å²) in [6.07, 6.45) is 2.24. The number of rotatable bonds is 2. The normalized spacial score (nSPS) is 10.1. The maximum absolute atomic E-state index is 9.23. The van der Waals surface area contributed by atoms with E-state index < -0.39 is 10.4 Å². The fourth-order valence-electron chi connectivity index (χ4n) is 0.898. The number of allylic oxidation sites excluding steroid dienone is 1. The van der Waals surface area contributed by atoms with E-state index in [1.165, 1.54) is 6.07 Å². The van der Waals surface area contributed by atoms with E-state index in [0.29, 0.717) is 12.0 Å². The van der Waals surface area contributed by atoms with Gasteiger partial charge in [-0.15, -0.1) is 6.58 Å². The van der Waals surface area contributed by atoms with Crippen molar-refractivity contribution >= 4 is 10.4 Å². The van der Waals surface area contributed by atoms with Crippen molar-refractivity contribution < 1.29 is 27.7 Å².